The molecule has 94 valence electrons. The Morgan fingerprint density at radius 2 is 1.56 bits per heavy atom. The van der Waals surface area contributed by atoms with Crippen molar-refractivity contribution in [3.05, 3.63) is 0 Å². The van der Waals surface area contributed by atoms with Gasteiger partial charge in [-0.1, -0.05) is 13.8 Å². The van der Waals surface area contributed by atoms with E-state index in [4.69, 9.17) is 0 Å². The molecule has 2 saturated carbocycles. The van der Waals surface area contributed by atoms with E-state index in [-0.39, 0.29) is 0 Å². The van der Waals surface area contributed by atoms with Crippen molar-refractivity contribution in [1.82, 2.24) is 10.2 Å². The highest BCUT2D eigenvalue weighted by molar-refractivity contribution is 4.85. The van der Waals surface area contributed by atoms with E-state index in [1.807, 2.05) is 0 Å². The summed E-state index contributed by atoms with van der Waals surface area (Å²) in [6.45, 7) is 9.89. The molecule has 2 fully saturated rings. The zero-order valence-corrected chi connectivity index (χ0v) is 11.3. The van der Waals surface area contributed by atoms with E-state index in [1.165, 1.54) is 45.3 Å². The zero-order valence-electron chi connectivity index (χ0n) is 11.3. The molecular formula is C14H28N2. The second-order valence-electron chi connectivity index (χ2n) is 6.78. The summed E-state index contributed by atoms with van der Waals surface area (Å²) in [6, 6.07) is 0. The minimum absolute atomic E-state index is 0.415. The number of nitrogens with zero attached hydrogens (tertiary/aromatic N) is 1. The lowest BCUT2D eigenvalue weighted by atomic mass is 9.92. The summed E-state index contributed by atoms with van der Waals surface area (Å²) in [5.41, 5.74) is 0.415. The summed E-state index contributed by atoms with van der Waals surface area (Å²) < 4.78 is 0. The van der Waals surface area contributed by atoms with Gasteiger partial charge in [0.15, 0.2) is 0 Å². The molecule has 2 rings (SSSR count). The van der Waals surface area contributed by atoms with Crippen LogP contribution in [0.3, 0.4) is 0 Å². The first kappa shape index (κ1) is 12.4. The maximum absolute atomic E-state index is 3.32. The van der Waals surface area contributed by atoms with Crippen molar-refractivity contribution in [2.75, 3.05) is 33.2 Å². The molecular weight excluding hydrogens is 196 g/mol. The molecule has 2 aliphatic carbocycles. The Bertz CT molecular complexity index is 203. The van der Waals surface area contributed by atoms with Gasteiger partial charge in [0.1, 0.15) is 0 Å². The molecule has 0 spiro atoms. The van der Waals surface area contributed by atoms with Crippen LogP contribution in [0, 0.1) is 17.3 Å². The third-order valence-corrected chi connectivity index (χ3v) is 3.73. The smallest absolute Gasteiger partial charge is 0.00451 e. The van der Waals surface area contributed by atoms with Crippen molar-refractivity contribution in [2.45, 2.75) is 39.5 Å². The van der Waals surface area contributed by atoms with Crippen LogP contribution in [0.15, 0.2) is 0 Å². The van der Waals surface area contributed by atoms with Crippen molar-refractivity contribution in [3.8, 4) is 0 Å². The van der Waals surface area contributed by atoms with Crippen LogP contribution in [-0.4, -0.2) is 38.1 Å². The molecule has 16 heavy (non-hydrogen) atoms. The van der Waals surface area contributed by atoms with Gasteiger partial charge in [0.25, 0.3) is 0 Å². The van der Waals surface area contributed by atoms with Crippen LogP contribution in [0.4, 0.5) is 0 Å². The standard InChI is InChI=1S/C14H28N2/c1-14(2,10-15-3)11-16(8-12-4-5-12)9-13-6-7-13/h12-13,15H,4-11H2,1-3H3. The highest BCUT2D eigenvalue weighted by Crippen LogP contribution is 2.34. The maximum Gasteiger partial charge on any atom is 0.00451 e. The molecule has 2 heteroatoms. The van der Waals surface area contributed by atoms with E-state index in [0.717, 1.165) is 18.4 Å². The number of nitrogens with one attached hydrogen (secondary N) is 1. The first-order valence-electron chi connectivity index (χ1n) is 6.96. The molecule has 0 saturated heterocycles. The van der Waals surface area contributed by atoms with Crippen LogP contribution < -0.4 is 5.32 Å². The first-order valence-corrected chi connectivity index (χ1v) is 6.96. The molecule has 0 heterocycles. The van der Waals surface area contributed by atoms with Crippen LogP contribution in [-0.2, 0) is 0 Å². The fraction of sp³-hybridized carbons (Fsp3) is 1.00. The molecule has 1 N–H and O–H groups in total. The molecule has 0 bridgehead atoms. The van der Waals surface area contributed by atoms with Crippen LogP contribution in [0.5, 0.6) is 0 Å². The quantitative estimate of drug-likeness (QED) is 0.681. The Morgan fingerprint density at radius 3 is 1.94 bits per heavy atom. The summed E-state index contributed by atoms with van der Waals surface area (Å²) in [5.74, 6) is 2.06. The molecule has 0 atom stereocenters. The SMILES string of the molecule is CNCC(C)(C)CN(CC1CC1)CC1CC1. The third kappa shape index (κ3) is 4.42. The summed E-state index contributed by atoms with van der Waals surface area (Å²) >= 11 is 0. The molecule has 0 aliphatic heterocycles. The van der Waals surface area contributed by atoms with Crippen molar-refractivity contribution in [3.63, 3.8) is 0 Å². The lowest BCUT2D eigenvalue weighted by Crippen LogP contribution is -2.41. The molecule has 0 aromatic heterocycles. The summed E-state index contributed by atoms with van der Waals surface area (Å²) in [4.78, 5) is 2.74. The van der Waals surface area contributed by atoms with Gasteiger partial charge in [-0.25, -0.2) is 0 Å². The van der Waals surface area contributed by atoms with Crippen LogP contribution in [0.25, 0.3) is 0 Å². The Balaban J connectivity index is 1.78. The van der Waals surface area contributed by atoms with Gasteiger partial charge < -0.3 is 10.2 Å². The minimum atomic E-state index is 0.415. The molecule has 0 unspecified atom stereocenters. The van der Waals surface area contributed by atoms with E-state index >= 15 is 0 Å². The number of rotatable bonds is 8. The van der Waals surface area contributed by atoms with Crippen molar-refractivity contribution >= 4 is 0 Å². The van der Waals surface area contributed by atoms with Gasteiger partial charge in [-0.05, 0) is 50.0 Å². The molecule has 2 aliphatic rings. The van der Waals surface area contributed by atoms with E-state index in [2.05, 4.69) is 31.1 Å². The molecule has 0 aromatic carbocycles. The normalized spacial score (nSPS) is 21.8. The Morgan fingerprint density at radius 1 is 1.06 bits per heavy atom. The van der Waals surface area contributed by atoms with Gasteiger partial charge >= 0.3 is 0 Å². The Hall–Kier alpha value is -0.0800. The number of hydrogen-bond donors (Lipinski definition) is 1. The van der Waals surface area contributed by atoms with E-state index in [9.17, 15) is 0 Å². The molecule has 0 radical (unpaired) electrons. The van der Waals surface area contributed by atoms with Crippen LogP contribution in [0.1, 0.15) is 39.5 Å². The molecule has 2 nitrogen and oxygen atoms in total. The summed E-state index contributed by atoms with van der Waals surface area (Å²) in [5, 5.41) is 3.32. The second-order valence-corrected chi connectivity index (χ2v) is 6.78. The molecule has 0 amide bonds. The highest BCUT2D eigenvalue weighted by Gasteiger charge is 2.31. The average molecular weight is 224 g/mol. The maximum atomic E-state index is 3.32. The lowest BCUT2D eigenvalue weighted by Gasteiger charge is -2.33. The Kier molecular flexibility index (Phi) is 3.91. The van der Waals surface area contributed by atoms with Gasteiger partial charge in [-0.2, -0.15) is 0 Å². The Labute approximate surface area is 101 Å². The summed E-state index contributed by atoms with van der Waals surface area (Å²) in [7, 11) is 2.06. The van der Waals surface area contributed by atoms with Crippen LogP contribution >= 0.6 is 0 Å². The lowest BCUT2D eigenvalue weighted by molar-refractivity contribution is 0.164. The fourth-order valence-electron chi connectivity index (χ4n) is 2.67. The highest BCUT2D eigenvalue weighted by atomic mass is 15.1. The van der Waals surface area contributed by atoms with Crippen molar-refractivity contribution in [1.29, 1.82) is 0 Å². The fourth-order valence-corrected chi connectivity index (χ4v) is 2.67. The minimum Gasteiger partial charge on any atom is -0.319 e. The van der Waals surface area contributed by atoms with Gasteiger partial charge in [-0.3, -0.25) is 0 Å². The van der Waals surface area contributed by atoms with Crippen LogP contribution in [0.2, 0.25) is 0 Å². The van der Waals surface area contributed by atoms with Crippen molar-refractivity contribution in [2.24, 2.45) is 17.3 Å². The van der Waals surface area contributed by atoms with Crippen molar-refractivity contribution < 1.29 is 0 Å². The second kappa shape index (κ2) is 5.05. The topological polar surface area (TPSA) is 15.3 Å². The first-order chi connectivity index (χ1) is 7.59. The van der Waals surface area contributed by atoms with E-state index in [0.29, 0.717) is 5.41 Å². The van der Waals surface area contributed by atoms with Gasteiger partial charge in [0.05, 0.1) is 0 Å². The third-order valence-electron chi connectivity index (χ3n) is 3.73. The van der Waals surface area contributed by atoms with E-state index in [1.54, 1.807) is 0 Å². The van der Waals surface area contributed by atoms with Gasteiger partial charge in [-0.15, -0.1) is 0 Å². The summed E-state index contributed by atoms with van der Waals surface area (Å²) in [6.07, 6.45) is 5.92. The monoisotopic (exact) mass is 224 g/mol. The van der Waals surface area contributed by atoms with Gasteiger partial charge in [0.2, 0.25) is 0 Å². The van der Waals surface area contributed by atoms with E-state index < -0.39 is 0 Å². The predicted molar refractivity (Wildman–Crippen MR) is 69.6 cm³/mol. The zero-order chi connectivity index (χ0) is 11.6. The average Bonchev–Trinajstić information content (AvgIpc) is 2.98. The number of hydrogen-bond acceptors (Lipinski definition) is 2. The predicted octanol–water partition coefficient (Wildman–Crippen LogP) is 2.35. The molecule has 0 aromatic rings. The largest absolute Gasteiger partial charge is 0.319 e. The van der Waals surface area contributed by atoms with Gasteiger partial charge in [0, 0.05) is 26.2 Å².